The molecule has 0 spiro atoms. The smallest absolute Gasteiger partial charge is 0.216 e. The number of imidazole rings is 1. The van der Waals surface area contributed by atoms with Gasteiger partial charge in [0, 0.05) is 48.1 Å². The molecule has 4 heterocycles. The van der Waals surface area contributed by atoms with Crippen LogP contribution in [0, 0.1) is 13.8 Å². The summed E-state index contributed by atoms with van der Waals surface area (Å²) < 4.78 is 12.7. The van der Waals surface area contributed by atoms with E-state index in [1.807, 2.05) is 49.1 Å². The molecule has 0 aliphatic carbocycles. The van der Waals surface area contributed by atoms with Gasteiger partial charge in [0.25, 0.3) is 0 Å². The lowest BCUT2D eigenvalue weighted by Crippen LogP contribution is -2.06. The minimum absolute atomic E-state index is 0.468. The first kappa shape index (κ1) is 21.9. The number of methoxy groups -OCH3 is 1. The van der Waals surface area contributed by atoms with E-state index in [-0.39, 0.29) is 0 Å². The number of hydrogen-bond acceptors (Lipinski definition) is 6. The van der Waals surface area contributed by atoms with E-state index < -0.39 is 0 Å². The topological polar surface area (TPSA) is 74.4 Å². The molecule has 0 bridgehead atoms. The number of aromatic nitrogens is 5. The van der Waals surface area contributed by atoms with Crippen LogP contribution in [0.25, 0.3) is 28.0 Å². The molecule has 0 unspecified atom stereocenters. The maximum atomic E-state index is 5.70. The standard InChI is InChI=1S/C25H29N5O2/c1-5-6-7-21-15-19(8-10-26-21)22-9-11-28-30-23(18(3)29-24(22)30)20-14-17(2)25(27-16-20)32-13-12-31-4/h8-11,14-16H,5-7,12-13H2,1-4H3. The quantitative estimate of drug-likeness (QED) is 0.353. The first-order valence-corrected chi connectivity index (χ1v) is 11.0. The number of pyridine rings is 2. The SMILES string of the molecule is CCCCc1cc(-c2ccnn3c(-c4cnc(OCCOC)c(C)c4)c(C)nc23)ccn1. The van der Waals surface area contributed by atoms with Crippen molar-refractivity contribution in [2.75, 3.05) is 20.3 Å². The van der Waals surface area contributed by atoms with Crippen LogP contribution in [0.4, 0.5) is 0 Å². The fraction of sp³-hybridized carbons (Fsp3) is 0.360. The highest BCUT2D eigenvalue weighted by atomic mass is 16.5. The average molecular weight is 432 g/mol. The maximum absolute atomic E-state index is 5.70. The van der Waals surface area contributed by atoms with Crippen molar-refractivity contribution in [2.45, 2.75) is 40.0 Å². The fourth-order valence-electron chi connectivity index (χ4n) is 3.82. The van der Waals surface area contributed by atoms with Gasteiger partial charge in [0.1, 0.15) is 6.61 Å². The number of fused-ring (bicyclic) bond motifs is 1. The van der Waals surface area contributed by atoms with Crippen LogP contribution in [0.1, 0.15) is 36.7 Å². The van der Waals surface area contributed by atoms with Gasteiger partial charge in [-0.3, -0.25) is 4.98 Å². The minimum atomic E-state index is 0.468. The third-order valence-corrected chi connectivity index (χ3v) is 5.44. The van der Waals surface area contributed by atoms with Crippen LogP contribution in [-0.2, 0) is 11.2 Å². The molecule has 0 N–H and O–H groups in total. The summed E-state index contributed by atoms with van der Waals surface area (Å²) in [5.74, 6) is 0.613. The minimum Gasteiger partial charge on any atom is -0.475 e. The van der Waals surface area contributed by atoms with Gasteiger partial charge in [-0.15, -0.1) is 0 Å². The maximum Gasteiger partial charge on any atom is 0.216 e. The Bertz CT molecular complexity index is 1220. The Morgan fingerprint density at radius 3 is 2.66 bits per heavy atom. The normalized spacial score (nSPS) is 11.2. The van der Waals surface area contributed by atoms with Gasteiger partial charge in [0.2, 0.25) is 5.88 Å². The van der Waals surface area contributed by atoms with E-state index in [9.17, 15) is 0 Å². The van der Waals surface area contributed by atoms with E-state index in [4.69, 9.17) is 14.5 Å². The molecule has 4 rings (SSSR count). The highest BCUT2D eigenvalue weighted by Gasteiger charge is 2.17. The lowest BCUT2D eigenvalue weighted by Gasteiger charge is -2.10. The van der Waals surface area contributed by atoms with Crippen molar-refractivity contribution in [3.05, 3.63) is 59.8 Å². The van der Waals surface area contributed by atoms with E-state index in [0.29, 0.717) is 19.1 Å². The third-order valence-electron chi connectivity index (χ3n) is 5.44. The van der Waals surface area contributed by atoms with Crippen molar-refractivity contribution in [3.8, 4) is 28.3 Å². The Morgan fingerprint density at radius 2 is 1.88 bits per heavy atom. The van der Waals surface area contributed by atoms with Crippen molar-refractivity contribution in [1.82, 2.24) is 24.6 Å². The van der Waals surface area contributed by atoms with Crippen LogP contribution in [0.5, 0.6) is 5.88 Å². The van der Waals surface area contributed by atoms with Gasteiger partial charge in [-0.25, -0.2) is 14.5 Å². The number of ether oxygens (including phenoxy) is 2. The molecule has 0 aliphatic rings. The van der Waals surface area contributed by atoms with E-state index in [2.05, 4.69) is 34.1 Å². The van der Waals surface area contributed by atoms with E-state index >= 15 is 0 Å². The zero-order valence-electron chi connectivity index (χ0n) is 19.1. The molecule has 4 aromatic heterocycles. The molecule has 32 heavy (non-hydrogen) atoms. The predicted molar refractivity (Wildman–Crippen MR) is 125 cm³/mol. The molecule has 0 saturated carbocycles. The third kappa shape index (κ3) is 4.48. The summed E-state index contributed by atoms with van der Waals surface area (Å²) >= 11 is 0. The fourth-order valence-corrected chi connectivity index (χ4v) is 3.82. The summed E-state index contributed by atoms with van der Waals surface area (Å²) in [4.78, 5) is 13.9. The van der Waals surface area contributed by atoms with Gasteiger partial charge in [0.15, 0.2) is 5.65 Å². The zero-order valence-corrected chi connectivity index (χ0v) is 19.1. The largest absolute Gasteiger partial charge is 0.475 e. The number of nitrogens with zero attached hydrogens (tertiary/aromatic N) is 5. The highest BCUT2D eigenvalue weighted by molar-refractivity contribution is 5.80. The molecule has 0 fully saturated rings. The van der Waals surface area contributed by atoms with Crippen molar-refractivity contribution in [3.63, 3.8) is 0 Å². The van der Waals surface area contributed by atoms with Crippen LogP contribution in [-0.4, -0.2) is 44.9 Å². The molecular weight excluding hydrogens is 402 g/mol. The van der Waals surface area contributed by atoms with E-state index in [1.165, 1.54) is 0 Å². The van der Waals surface area contributed by atoms with Crippen molar-refractivity contribution in [1.29, 1.82) is 0 Å². The lowest BCUT2D eigenvalue weighted by atomic mass is 10.1. The van der Waals surface area contributed by atoms with Crippen molar-refractivity contribution >= 4 is 5.65 Å². The van der Waals surface area contributed by atoms with E-state index in [0.717, 1.165) is 64.2 Å². The second kappa shape index (κ2) is 9.87. The summed E-state index contributed by atoms with van der Waals surface area (Å²) in [7, 11) is 1.65. The molecule has 166 valence electrons. The summed E-state index contributed by atoms with van der Waals surface area (Å²) in [6.45, 7) is 7.18. The molecule has 7 nitrogen and oxygen atoms in total. The number of unbranched alkanes of at least 4 members (excludes halogenated alkanes) is 1. The number of aryl methyl sites for hydroxylation is 3. The Balaban J connectivity index is 1.73. The van der Waals surface area contributed by atoms with Gasteiger partial charge in [0.05, 0.1) is 18.0 Å². The van der Waals surface area contributed by atoms with Gasteiger partial charge in [-0.05, 0) is 56.5 Å². The van der Waals surface area contributed by atoms with Crippen LogP contribution < -0.4 is 4.74 Å². The molecule has 7 heteroatoms. The molecule has 0 aliphatic heterocycles. The zero-order chi connectivity index (χ0) is 22.5. The molecule has 0 atom stereocenters. The molecule has 0 amide bonds. The summed E-state index contributed by atoms with van der Waals surface area (Å²) in [6, 6.07) is 8.27. The molecule has 0 saturated heterocycles. The summed E-state index contributed by atoms with van der Waals surface area (Å²) in [6.07, 6.45) is 8.78. The van der Waals surface area contributed by atoms with Gasteiger partial charge in [-0.1, -0.05) is 13.3 Å². The monoisotopic (exact) mass is 431 g/mol. The summed E-state index contributed by atoms with van der Waals surface area (Å²) in [5, 5.41) is 4.61. The molecule has 0 radical (unpaired) electrons. The van der Waals surface area contributed by atoms with Crippen LogP contribution in [0.2, 0.25) is 0 Å². The Hall–Kier alpha value is -3.32. The Kier molecular flexibility index (Phi) is 6.75. The molecular formula is C25H29N5O2. The van der Waals surface area contributed by atoms with Crippen molar-refractivity contribution in [2.24, 2.45) is 0 Å². The van der Waals surface area contributed by atoms with Gasteiger partial charge in [-0.2, -0.15) is 5.10 Å². The number of hydrogen-bond donors (Lipinski definition) is 0. The van der Waals surface area contributed by atoms with Gasteiger partial charge < -0.3 is 9.47 Å². The van der Waals surface area contributed by atoms with Crippen LogP contribution in [0.3, 0.4) is 0 Å². The lowest BCUT2D eigenvalue weighted by molar-refractivity contribution is 0.143. The average Bonchev–Trinajstić information content (AvgIpc) is 3.15. The first-order valence-electron chi connectivity index (χ1n) is 11.0. The number of rotatable bonds is 9. The Morgan fingerprint density at radius 1 is 1.00 bits per heavy atom. The Labute approximate surface area is 188 Å². The van der Waals surface area contributed by atoms with Crippen molar-refractivity contribution < 1.29 is 9.47 Å². The first-order chi connectivity index (χ1) is 15.6. The highest BCUT2D eigenvalue weighted by Crippen LogP contribution is 2.31. The van der Waals surface area contributed by atoms with Crippen LogP contribution >= 0.6 is 0 Å². The second-order valence-electron chi connectivity index (χ2n) is 7.85. The van der Waals surface area contributed by atoms with E-state index in [1.54, 1.807) is 7.11 Å². The summed E-state index contributed by atoms with van der Waals surface area (Å²) in [5.41, 5.74) is 7.82. The molecule has 4 aromatic rings. The van der Waals surface area contributed by atoms with Gasteiger partial charge >= 0.3 is 0 Å². The molecule has 0 aromatic carbocycles. The second-order valence-corrected chi connectivity index (χ2v) is 7.85. The predicted octanol–water partition coefficient (Wildman–Crippen LogP) is 4.84. The van der Waals surface area contributed by atoms with Crippen LogP contribution in [0.15, 0.2) is 42.9 Å².